The third-order valence-electron chi connectivity index (χ3n) is 3.24. The number of likely N-dealkylation sites (N-methyl/N-ethyl adjacent to an activating group) is 1. The van der Waals surface area contributed by atoms with E-state index in [0.717, 1.165) is 0 Å². The summed E-state index contributed by atoms with van der Waals surface area (Å²) >= 11 is 0. The van der Waals surface area contributed by atoms with E-state index in [1.54, 1.807) is 6.92 Å². The number of rotatable bonds is 8. The molecule has 1 atom stereocenters. The second kappa shape index (κ2) is 10.0. The highest BCUT2D eigenvalue weighted by molar-refractivity contribution is 5.96. The van der Waals surface area contributed by atoms with E-state index in [-0.39, 0.29) is 22.8 Å². The zero-order valence-corrected chi connectivity index (χ0v) is 15.1. The molecule has 0 heterocycles. The van der Waals surface area contributed by atoms with E-state index in [2.05, 4.69) is 20.1 Å². The van der Waals surface area contributed by atoms with Gasteiger partial charge in [-0.05, 0) is 32.0 Å². The van der Waals surface area contributed by atoms with Crippen LogP contribution in [0.3, 0.4) is 0 Å². The summed E-state index contributed by atoms with van der Waals surface area (Å²) in [7, 11) is 2.40. The van der Waals surface area contributed by atoms with Crippen LogP contribution in [0.25, 0.3) is 0 Å². The van der Waals surface area contributed by atoms with Crippen molar-refractivity contribution < 1.29 is 33.4 Å². The lowest BCUT2D eigenvalue weighted by molar-refractivity contribution is -0.129. The molecule has 0 saturated heterocycles. The molecule has 0 aliphatic rings. The van der Waals surface area contributed by atoms with Crippen molar-refractivity contribution >= 4 is 23.8 Å². The Morgan fingerprint density at radius 2 is 1.54 bits per heavy atom. The molecular weight excluding hydrogens is 344 g/mol. The summed E-state index contributed by atoms with van der Waals surface area (Å²) in [6.07, 6.45) is 0. The molecule has 0 unspecified atom stereocenters. The predicted octanol–water partition coefficient (Wildman–Crippen LogP) is 0.279. The monoisotopic (exact) mass is 366 g/mol. The summed E-state index contributed by atoms with van der Waals surface area (Å²) in [5.41, 5.74) is 0.142. The van der Waals surface area contributed by atoms with Crippen LogP contribution in [0.4, 0.5) is 0 Å². The quantitative estimate of drug-likeness (QED) is 0.634. The maximum Gasteiger partial charge on any atom is 0.338 e. The topological polar surface area (TPSA) is 120 Å². The fourth-order valence-corrected chi connectivity index (χ4v) is 1.98. The molecule has 0 fully saturated rings. The van der Waals surface area contributed by atoms with Gasteiger partial charge in [-0.3, -0.25) is 9.59 Å². The molecule has 9 heteroatoms. The molecule has 0 spiro atoms. The van der Waals surface area contributed by atoms with Crippen LogP contribution in [-0.4, -0.2) is 57.2 Å². The average Bonchev–Trinajstić information content (AvgIpc) is 2.64. The molecule has 142 valence electrons. The Hall–Kier alpha value is -3.10. The maximum atomic E-state index is 11.9. The third kappa shape index (κ3) is 6.08. The number of ether oxygens (including phenoxy) is 3. The lowest BCUT2D eigenvalue weighted by Gasteiger charge is -2.14. The Morgan fingerprint density at radius 3 is 2.00 bits per heavy atom. The molecule has 1 rings (SSSR count). The van der Waals surface area contributed by atoms with Gasteiger partial charge in [-0.2, -0.15) is 0 Å². The molecule has 2 amide bonds. The van der Waals surface area contributed by atoms with Crippen molar-refractivity contribution in [2.45, 2.75) is 19.9 Å². The Kier molecular flexibility index (Phi) is 8.07. The van der Waals surface area contributed by atoms with Gasteiger partial charge in [0.1, 0.15) is 11.8 Å². The smallest absolute Gasteiger partial charge is 0.338 e. The predicted molar refractivity (Wildman–Crippen MR) is 90.9 cm³/mol. The summed E-state index contributed by atoms with van der Waals surface area (Å²) in [6.45, 7) is 3.35. The number of benzene rings is 1. The molecule has 9 nitrogen and oxygen atoms in total. The number of amides is 2. The molecule has 0 bridgehead atoms. The molecule has 0 radical (unpaired) electrons. The van der Waals surface area contributed by atoms with E-state index < -0.39 is 30.5 Å². The fourth-order valence-electron chi connectivity index (χ4n) is 1.98. The minimum atomic E-state index is -0.724. The first-order valence-electron chi connectivity index (χ1n) is 7.84. The van der Waals surface area contributed by atoms with E-state index in [9.17, 15) is 19.2 Å². The van der Waals surface area contributed by atoms with Crippen LogP contribution in [0.5, 0.6) is 5.75 Å². The van der Waals surface area contributed by atoms with E-state index in [0.29, 0.717) is 6.54 Å². The largest absolute Gasteiger partial charge is 0.484 e. The minimum Gasteiger partial charge on any atom is -0.484 e. The van der Waals surface area contributed by atoms with Gasteiger partial charge in [-0.15, -0.1) is 0 Å². The number of hydrogen-bond acceptors (Lipinski definition) is 7. The molecule has 1 aromatic rings. The van der Waals surface area contributed by atoms with Gasteiger partial charge in [0.05, 0.1) is 25.3 Å². The fraction of sp³-hybridized carbons (Fsp3) is 0.412. The number of hydrogen-bond donors (Lipinski definition) is 2. The van der Waals surface area contributed by atoms with Crippen molar-refractivity contribution in [1.29, 1.82) is 0 Å². The summed E-state index contributed by atoms with van der Waals surface area (Å²) in [4.78, 5) is 46.9. The van der Waals surface area contributed by atoms with Crippen molar-refractivity contribution in [2.24, 2.45) is 0 Å². The van der Waals surface area contributed by atoms with Crippen LogP contribution < -0.4 is 15.4 Å². The lowest BCUT2D eigenvalue weighted by Crippen LogP contribution is -2.46. The second-order valence-electron chi connectivity index (χ2n) is 5.20. The molecule has 0 aromatic heterocycles. The number of nitrogens with one attached hydrogen (secondary N) is 2. The maximum absolute atomic E-state index is 11.9. The van der Waals surface area contributed by atoms with E-state index in [4.69, 9.17) is 4.74 Å². The van der Waals surface area contributed by atoms with Crippen molar-refractivity contribution in [2.75, 3.05) is 27.4 Å². The van der Waals surface area contributed by atoms with Gasteiger partial charge < -0.3 is 24.8 Å². The SMILES string of the molecule is CCNC(=O)[C@H](C)NC(=O)COc1cc(C(=O)OC)cc(C(=O)OC)c1. The van der Waals surface area contributed by atoms with Gasteiger partial charge in [0.15, 0.2) is 6.61 Å². The van der Waals surface area contributed by atoms with Crippen LogP contribution >= 0.6 is 0 Å². The summed E-state index contributed by atoms with van der Waals surface area (Å²) < 4.78 is 14.6. The zero-order valence-electron chi connectivity index (χ0n) is 15.1. The zero-order chi connectivity index (χ0) is 19.7. The van der Waals surface area contributed by atoms with Crippen LogP contribution in [0.1, 0.15) is 34.6 Å². The van der Waals surface area contributed by atoms with Gasteiger partial charge in [0.2, 0.25) is 5.91 Å². The highest BCUT2D eigenvalue weighted by atomic mass is 16.5. The van der Waals surface area contributed by atoms with E-state index in [1.165, 1.54) is 39.3 Å². The van der Waals surface area contributed by atoms with Crippen molar-refractivity contribution in [3.63, 3.8) is 0 Å². The van der Waals surface area contributed by atoms with Crippen molar-refractivity contribution in [1.82, 2.24) is 10.6 Å². The minimum absolute atomic E-state index is 0.0708. The van der Waals surface area contributed by atoms with Gasteiger partial charge in [0, 0.05) is 6.54 Å². The Bertz CT molecular complexity index is 653. The summed E-state index contributed by atoms with van der Waals surface area (Å²) in [5.74, 6) is -2.09. The first-order valence-corrected chi connectivity index (χ1v) is 7.84. The molecular formula is C17H22N2O7. The average molecular weight is 366 g/mol. The molecule has 0 aliphatic carbocycles. The summed E-state index contributed by atoms with van der Waals surface area (Å²) in [5, 5.41) is 5.05. The Morgan fingerprint density at radius 1 is 1.00 bits per heavy atom. The molecule has 0 saturated carbocycles. The standard InChI is InChI=1S/C17H22N2O7/c1-5-18-15(21)10(2)19-14(20)9-26-13-7-11(16(22)24-3)6-12(8-13)17(23)25-4/h6-8,10H,5,9H2,1-4H3,(H,18,21)(H,19,20)/t10-/m0/s1. The third-order valence-corrected chi connectivity index (χ3v) is 3.24. The molecule has 1 aromatic carbocycles. The normalized spacial score (nSPS) is 11.1. The molecule has 2 N–H and O–H groups in total. The number of carbonyl (C=O) groups excluding carboxylic acids is 4. The Labute approximate surface area is 151 Å². The molecule has 0 aliphatic heterocycles. The van der Waals surface area contributed by atoms with E-state index in [1.807, 2.05) is 0 Å². The number of carbonyl (C=O) groups is 4. The van der Waals surface area contributed by atoms with Gasteiger partial charge >= 0.3 is 11.9 Å². The van der Waals surface area contributed by atoms with Crippen LogP contribution in [0.15, 0.2) is 18.2 Å². The van der Waals surface area contributed by atoms with Crippen molar-refractivity contribution in [3.05, 3.63) is 29.3 Å². The highest BCUT2D eigenvalue weighted by Crippen LogP contribution is 2.19. The number of methoxy groups -OCH3 is 2. The molecule has 26 heavy (non-hydrogen) atoms. The van der Waals surface area contributed by atoms with Gasteiger partial charge in [-0.25, -0.2) is 9.59 Å². The second-order valence-corrected chi connectivity index (χ2v) is 5.20. The van der Waals surface area contributed by atoms with Crippen LogP contribution in [0, 0.1) is 0 Å². The van der Waals surface area contributed by atoms with Gasteiger partial charge in [-0.1, -0.05) is 0 Å². The first-order chi connectivity index (χ1) is 12.3. The van der Waals surface area contributed by atoms with Gasteiger partial charge in [0.25, 0.3) is 5.91 Å². The highest BCUT2D eigenvalue weighted by Gasteiger charge is 2.17. The lowest BCUT2D eigenvalue weighted by atomic mass is 10.1. The van der Waals surface area contributed by atoms with E-state index >= 15 is 0 Å². The Balaban J connectivity index is 2.82. The summed E-state index contributed by atoms with van der Waals surface area (Å²) in [6, 6.07) is 3.23. The first kappa shape index (κ1) is 20.9. The number of esters is 2. The van der Waals surface area contributed by atoms with Crippen molar-refractivity contribution in [3.8, 4) is 5.75 Å². The van der Waals surface area contributed by atoms with Crippen LogP contribution in [0.2, 0.25) is 0 Å². The van der Waals surface area contributed by atoms with Crippen LogP contribution in [-0.2, 0) is 19.1 Å².